The fraction of sp³-hybridized carbons (Fsp3) is 0.326. The van der Waals surface area contributed by atoms with E-state index in [1.165, 1.54) is 12.1 Å². The monoisotopic (exact) mass is 888 g/mol. The van der Waals surface area contributed by atoms with Crippen LogP contribution in [0, 0.1) is 5.82 Å². The molecule has 4 aliphatic rings. The van der Waals surface area contributed by atoms with E-state index in [9.17, 15) is 29.1 Å². The number of halogens is 2. The molecule has 5 heterocycles. The lowest BCUT2D eigenvalue weighted by atomic mass is 9.96. The SMILES string of the molecule is C=CC(=O)N1CCN(c2nc(NCCN3CCN(CCNc4cccc5c4C(=O)N(C4CCC(=O)NC4=O)C5=O)CC3)nc3c(F)c(-c4cc(O)cc5ccccc45)c(Cl)cc23)CC1. The highest BCUT2D eigenvalue weighted by Crippen LogP contribution is 2.42. The van der Waals surface area contributed by atoms with Crippen LogP contribution in [-0.4, -0.2) is 149 Å². The lowest BCUT2D eigenvalue weighted by Gasteiger charge is -2.35. The maximum atomic E-state index is 17.0. The number of hydrogen-bond donors (Lipinski definition) is 4. The van der Waals surface area contributed by atoms with Crippen molar-refractivity contribution in [3.8, 4) is 16.9 Å². The van der Waals surface area contributed by atoms with Crippen molar-refractivity contribution >= 4 is 80.3 Å². The topological polar surface area (TPSA) is 184 Å². The second kappa shape index (κ2) is 17.8. The van der Waals surface area contributed by atoms with Gasteiger partial charge >= 0.3 is 0 Å². The Bertz CT molecular complexity index is 2740. The third-order valence-corrected chi connectivity index (χ3v) is 12.7. The molecule has 1 atom stereocenters. The number of aromatic hydroxyl groups is 1. The van der Waals surface area contributed by atoms with E-state index in [4.69, 9.17) is 21.6 Å². The number of phenolic OH excluding ortho intramolecular Hbond substituents is 1. The highest BCUT2D eigenvalue weighted by molar-refractivity contribution is 6.35. The van der Waals surface area contributed by atoms with Gasteiger partial charge in [-0.25, -0.2) is 9.37 Å². The number of nitrogens with zero attached hydrogens (tertiary/aromatic N) is 7. The predicted molar refractivity (Wildman–Crippen MR) is 241 cm³/mol. The van der Waals surface area contributed by atoms with E-state index in [0.29, 0.717) is 74.8 Å². The van der Waals surface area contributed by atoms with Crippen molar-refractivity contribution in [2.45, 2.75) is 18.9 Å². The molecule has 4 N–H and O–H groups in total. The van der Waals surface area contributed by atoms with Crippen LogP contribution in [-0.2, 0) is 14.4 Å². The van der Waals surface area contributed by atoms with Crippen LogP contribution in [0.25, 0.3) is 32.8 Å². The van der Waals surface area contributed by atoms with Gasteiger partial charge in [-0.3, -0.25) is 44.0 Å². The van der Waals surface area contributed by atoms with Crippen LogP contribution in [0.2, 0.25) is 5.02 Å². The average Bonchev–Trinajstić information content (AvgIpc) is 3.55. The van der Waals surface area contributed by atoms with Crippen LogP contribution in [0.4, 0.5) is 21.8 Å². The molecule has 1 unspecified atom stereocenters. The molecule has 1 aromatic heterocycles. The first kappa shape index (κ1) is 42.6. The Hall–Kier alpha value is -6.69. The summed E-state index contributed by atoms with van der Waals surface area (Å²) in [6, 6.07) is 16.2. The molecule has 64 heavy (non-hydrogen) atoms. The molecule has 0 saturated carbocycles. The quantitative estimate of drug-likeness (QED) is 0.103. The lowest BCUT2D eigenvalue weighted by molar-refractivity contribution is -0.136. The molecule has 9 rings (SSSR count). The number of rotatable bonds is 12. The van der Waals surface area contributed by atoms with Gasteiger partial charge in [0.05, 0.1) is 16.1 Å². The zero-order valence-corrected chi connectivity index (χ0v) is 35.7. The minimum absolute atomic E-state index is 0.0208. The number of hydrogen-bond acceptors (Lipinski definition) is 13. The molecule has 0 spiro atoms. The Morgan fingerprint density at radius 2 is 1.56 bits per heavy atom. The van der Waals surface area contributed by atoms with E-state index in [-0.39, 0.29) is 57.7 Å². The molecule has 4 aromatic carbocycles. The molecule has 4 aliphatic heterocycles. The number of piperidine rings is 1. The third kappa shape index (κ3) is 8.17. The van der Waals surface area contributed by atoms with E-state index in [1.54, 1.807) is 35.2 Å². The number of carbonyl (C=O) groups excluding carboxylic acids is 5. The largest absolute Gasteiger partial charge is 0.508 e. The molecule has 0 radical (unpaired) electrons. The normalized spacial score (nSPS) is 18.5. The minimum atomic E-state index is -1.03. The van der Waals surface area contributed by atoms with Gasteiger partial charge in [0.2, 0.25) is 23.7 Å². The van der Waals surface area contributed by atoms with Gasteiger partial charge in [-0.1, -0.05) is 48.5 Å². The van der Waals surface area contributed by atoms with E-state index < -0.39 is 35.5 Å². The second-order valence-electron chi connectivity index (χ2n) is 16.3. The van der Waals surface area contributed by atoms with Gasteiger partial charge < -0.3 is 25.5 Å². The molecule has 5 amide bonds. The minimum Gasteiger partial charge on any atom is -0.508 e. The summed E-state index contributed by atoms with van der Waals surface area (Å²) in [5.74, 6) is -2.23. The van der Waals surface area contributed by atoms with Gasteiger partial charge in [0, 0.05) is 102 Å². The predicted octanol–water partition coefficient (Wildman–Crippen LogP) is 4.33. The number of phenols is 1. The summed E-state index contributed by atoms with van der Waals surface area (Å²) in [6.07, 6.45) is 1.44. The number of piperazine rings is 2. The fourth-order valence-electron chi connectivity index (χ4n) is 9.09. The van der Waals surface area contributed by atoms with Crippen LogP contribution in [0.1, 0.15) is 33.6 Å². The highest BCUT2D eigenvalue weighted by atomic mass is 35.5. The summed E-state index contributed by atoms with van der Waals surface area (Å²) in [4.78, 5) is 82.2. The van der Waals surface area contributed by atoms with Crippen LogP contribution in [0.3, 0.4) is 0 Å². The third-order valence-electron chi connectivity index (χ3n) is 12.4. The molecule has 5 aromatic rings. The number of fused-ring (bicyclic) bond motifs is 3. The second-order valence-corrected chi connectivity index (χ2v) is 16.7. The Labute approximate surface area is 372 Å². The van der Waals surface area contributed by atoms with Gasteiger partial charge in [-0.15, -0.1) is 0 Å². The first-order valence-electron chi connectivity index (χ1n) is 21.3. The van der Waals surface area contributed by atoms with Crippen molar-refractivity contribution in [1.29, 1.82) is 0 Å². The molecule has 0 aliphatic carbocycles. The summed E-state index contributed by atoms with van der Waals surface area (Å²) in [5.41, 5.74) is 1.62. The van der Waals surface area contributed by atoms with Gasteiger partial charge in [0.25, 0.3) is 11.8 Å². The maximum Gasteiger partial charge on any atom is 0.264 e. The summed E-state index contributed by atoms with van der Waals surface area (Å²) >= 11 is 6.90. The Kier molecular flexibility index (Phi) is 11.9. The Balaban J connectivity index is 0.852. The number of amides is 5. The first-order valence-corrected chi connectivity index (χ1v) is 21.7. The van der Waals surface area contributed by atoms with E-state index >= 15 is 4.39 Å². The van der Waals surface area contributed by atoms with Gasteiger partial charge in [0.1, 0.15) is 23.1 Å². The Morgan fingerprint density at radius 1 is 0.844 bits per heavy atom. The summed E-state index contributed by atoms with van der Waals surface area (Å²) in [7, 11) is 0. The number of benzene rings is 4. The summed E-state index contributed by atoms with van der Waals surface area (Å²) in [5, 5.41) is 21.5. The molecule has 3 saturated heterocycles. The average molecular weight is 889 g/mol. The van der Waals surface area contributed by atoms with Crippen molar-refractivity contribution in [3.05, 3.63) is 95.3 Å². The fourth-order valence-corrected chi connectivity index (χ4v) is 9.38. The smallest absolute Gasteiger partial charge is 0.264 e. The van der Waals surface area contributed by atoms with Crippen LogP contribution in [0.15, 0.2) is 73.3 Å². The molecule has 3 fully saturated rings. The van der Waals surface area contributed by atoms with E-state index in [1.807, 2.05) is 29.2 Å². The lowest BCUT2D eigenvalue weighted by Crippen LogP contribution is -2.54. The number of anilines is 3. The number of imide groups is 2. The van der Waals surface area contributed by atoms with Crippen molar-refractivity contribution in [2.75, 3.05) is 94.1 Å². The van der Waals surface area contributed by atoms with Crippen LogP contribution < -0.4 is 20.9 Å². The summed E-state index contributed by atoms with van der Waals surface area (Å²) in [6.45, 7) is 10.9. The van der Waals surface area contributed by atoms with Crippen molar-refractivity contribution in [3.63, 3.8) is 0 Å². The molecular weight excluding hydrogens is 843 g/mol. The number of carbonyl (C=O) groups is 5. The first-order chi connectivity index (χ1) is 31.0. The molecule has 330 valence electrons. The molecule has 16 nitrogen and oxygen atoms in total. The number of nitrogens with one attached hydrogen (secondary N) is 3. The van der Waals surface area contributed by atoms with Crippen molar-refractivity contribution in [2.24, 2.45) is 0 Å². The molecule has 18 heteroatoms. The molecular formula is C46H46ClFN10O6. The zero-order chi connectivity index (χ0) is 44.6. The van der Waals surface area contributed by atoms with Gasteiger partial charge in [-0.05, 0) is 59.2 Å². The van der Waals surface area contributed by atoms with Crippen LogP contribution >= 0.6 is 11.6 Å². The molecule has 0 bridgehead atoms. The van der Waals surface area contributed by atoms with E-state index in [0.717, 1.165) is 41.9 Å². The van der Waals surface area contributed by atoms with E-state index in [2.05, 4.69) is 32.3 Å². The van der Waals surface area contributed by atoms with Crippen molar-refractivity contribution < 1.29 is 33.5 Å². The highest BCUT2D eigenvalue weighted by Gasteiger charge is 2.45. The van der Waals surface area contributed by atoms with Crippen molar-refractivity contribution in [1.82, 2.24) is 34.9 Å². The standard InChI is InChI=1S/C46H46ClFN10O6/c1-2-37(61)56-20-22-57(23-21-56)42-32-26-33(47)38(31-25-28(59)24-27-6-3-4-7-29(27)31)40(48)41(32)52-46(53-42)50-13-15-55-18-16-54(17-19-55)14-12-49-34-9-5-8-30-39(34)45(64)58(44(30)63)35-10-11-36(60)51-43(35)62/h2-9,24-26,35,49,59H,1,10-23H2,(H,50,52,53)(H,51,60,62). The number of aromatic nitrogens is 2. The van der Waals surface area contributed by atoms with Gasteiger partial charge in [-0.2, -0.15) is 4.98 Å². The Morgan fingerprint density at radius 3 is 2.28 bits per heavy atom. The zero-order valence-electron chi connectivity index (χ0n) is 34.9. The van der Waals surface area contributed by atoms with Gasteiger partial charge in [0.15, 0.2) is 5.82 Å². The summed E-state index contributed by atoms with van der Waals surface area (Å²) < 4.78 is 17.0. The van der Waals surface area contributed by atoms with Crippen LogP contribution in [0.5, 0.6) is 5.75 Å². The maximum absolute atomic E-state index is 17.0.